The zero-order chi connectivity index (χ0) is 14.3. The molecule has 1 rings (SSSR count). The Balaban J connectivity index is 2.85. The molecule has 0 aliphatic rings. The highest BCUT2D eigenvalue weighted by Crippen LogP contribution is 2.14. The molecule has 1 N–H and O–H groups in total. The predicted octanol–water partition coefficient (Wildman–Crippen LogP) is 2.86. The summed E-state index contributed by atoms with van der Waals surface area (Å²) < 4.78 is 40.2. The molecule has 6 heteroatoms. The molecular weight excluding hydrogens is 267 g/mol. The Labute approximate surface area is 114 Å². The number of pyridine rings is 1. The summed E-state index contributed by atoms with van der Waals surface area (Å²) in [5, 5.41) is -0.521. The number of hydrogen-bond acceptors (Lipinski definition) is 3. The van der Waals surface area contributed by atoms with Gasteiger partial charge in [0.05, 0.1) is 0 Å². The summed E-state index contributed by atoms with van der Waals surface area (Å²) in [6.45, 7) is 4.05. The molecule has 1 aromatic heterocycles. The number of unbranched alkanes of at least 4 members (excludes halogenated alkanes) is 1. The second-order valence-corrected chi connectivity index (χ2v) is 6.17. The number of nitrogens with one attached hydrogen (secondary N) is 1. The zero-order valence-electron chi connectivity index (χ0n) is 11.4. The number of nitrogens with zero attached hydrogens (tertiary/aromatic N) is 1. The van der Waals surface area contributed by atoms with Crippen molar-refractivity contribution < 1.29 is 12.8 Å². The molecule has 0 spiro atoms. The first-order valence-electron chi connectivity index (χ1n) is 6.64. The van der Waals surface area contributed by atoms with Crippen molar-refractivity contribution in [2.75, 3.05) is 0 Å². The van der Waals surface area contributed by atoms with Gasteiger partial charge in [-0.25, -0.2) is 22.5 Å². The van der Waals surface area contributed by atoms with Crippen molar-refractivity contribution in [2.45, 2.75) is 57.0 Å². The topological polar surface area (TPSA) is 59.1 Å². The molecule has 0 saturated carbocycles. The first kappa shape index (κ1) is 16.0. The standard InChI is InChI=1S/C13H21FN2O2S/c1-3-5-8-11(7-4-2)16-19(17,18)13-12(14)9-6-10-15-13/h6,9-11,16H,3-5,7-8H2,1-2H3. The maximum Gasteiger partial charge on any atom is 0.261 e. The van der Waals surface area contributed by atoms with Crippen LogP contribution in [0.3, 0.4) is 0 Å². The van der Waals surface area contributed by atoms with E-state index in [-0.39, 0.29) is 6.04 Å². The number of halogens is 1. The van der Waals surface area contributed by atoms with Crippen molar-refractivity contribution in [3.05, 3.63) is 24.1 Å². The minimum atomic E-state index is -3.88. The van der Waals surface area contributed by atoms with Gasteiger partial charge in [0.15, 0.2) is 5.82 Å². The van der Waals surface area contributed by atoms with Gasteiger partial charge in [0, 0.05) is 12.2 Å². The molecule has 1 atom stereocenters. The van der Waals surface area contributed by atoms with Gasteiger partial charge in [-0.3, -0.25) is 0 Å². The molecule has 0 amide bonds. The van der Waals surface area contributed by atoms with Crippen LogP contribution in [-0.2, 0) is 10.0 Å². The number of rotatable bonds is 8. The van der Waals surface area contributed by atoms with Crippen molar-refractivity contribution >= 4 is 10.0 Å². The molecule has 4 nitrogen and oxygen atoms in total. The van der Waals surface area contributed by atoms with Crippen LogP contribution in [0.1, 0.15) is 46.0 Å². The Morgan fingerprint density at radius 1 is 1.32 bits per heavy atom. The molecule has 0 radical (unpaired) electrons. The Bertz CT molecular complexity index is 491. The van der Waals surface area contributed by atoms with Gasteiger partial charge in [-0.05, 0) is 25.0 Å². The van der Waals surface area contributed by atoms with Crippen LogP contribution in [-0.4, -0.2) is 19.4 Å². The average Bonchev–Trinajstić information content (AvgIpc) is 2.36. The normalized spacial score (nSPS) is 13.4. The first-order valence-corrected chi connectivity index (χ1v) is 8.12. The summed E-state index contributed by atoms with van der Waals surface area (Å²) in [5.74, 6) is -0.819. The lowest BCUT2D eigenvalue weighted by atomic mass is 10.1. The predicted molar refractivity (Wildman–Crippen MR) is 72.7 cm³/mol. The van der Waals surface area contributed by atoms with Crippen LogP contribution in [0.15, 0.2) is 23.4 Å². The van der Waals surface area contributed by atoms with E-state index < -0.39 is 20.9 Å². The van der Waals surface area contributed by atoms with E-state index in [1.54, 1.807) is 0 Å². The molecular formula is C13H21FN2O2S. The van der Waals surface area contributed by atoms with E-state index >= 15 is 0 Å². The molecule has 0 saturated heterocycles. The fourth-order valence-corrected chi connectivity index (χ4v) is 3.22. The number of aromatic nitrogens is 1. The Morgan fingerprint density at radius 2 is 2.05 bits per heavy atom. The van der Waals surface area contributed by atoms with Crippen LogP contribution < -0.4 is 4.72 Å². The summed E-state index contributed by atoms with van der Waals surface area (Å²) in [6.07, 6.45) is 5.60. The van der Waals surface area contributed by atoms with Gasteiger partial charge in [-0.2, -0.15) is 0 Å². The zero-order valence-corrected chi connectivity index (χ0v) is 12.2. The molecule has 0 fully saturated rings. The number of sulfonamides is 1. The molecule has 1 heterocycles. The molecule has 0 bridgehead atoms. The van der Waals surface area contributed by atoms with Gasteiger partial charge < -0.3 is 0 Å². The van der Waals surface area contributed by atoms with E-state index in [1.807, 2.05) is 6.92 Å². The summed E-state index contributed by atoms with van der Waals surface area (Å²) in [4.78, 5) is 3.62. The first-order chi connectivity index (χ1) is 9.01. The van der Waals surface area contributed by atoms with Crippen LogP contribution in [0.4, 0.5) is 4.39 Å². The summed E-state index contributed by atoms with van der Waals surface area (Å²) in [5.41, 5.74) is 0. The molecule has 0 aromatic carbocycles. The van der Waals surface area contributed by atoms with Crippen LogP contribution in [0.2, 0.25) is 0 Å². The van der Waals surface area contributed by atoms with Crippen molar-refractivity contribution in [3.8, 4) is 0 Å². The van der Waals surface area contributed by atoms with Gasteiger partial charge in [0.1, 0.15) is 0 Å². The minimum Gasteiger partial charge on any atom is -0.241 e. The van der Waals surface area contributed by atoms with E-state index in [0.717, 1.165) is 38.2 Å². The van der Waals surface area contributed by atoms with Gasteiger partial charge in [0.2, 0.25) is 5.03 Å². The third-order valence-electron chi connectivity index (χ3n) is 2.84. The largest absolute Gasteiger partial charge is 0.261 e. The second kappa shape index (κ2) is 7.55. The summed E-state index contributed by atoms with van der Waals surface area (Å²) in [7, 11) is -3.88. The fourth-order valence-electron chi connectivity index (χ4n) is 1.91. The summed E-state index contributed by atoms with van der Waals surface area (Å²) >= 11 is 0. The second-order valence-electron chi connectivity index (χ2n) is 4.54. The van der Waals surface area contributed by atoms with Crippen LogP contribution in [0, 0.1) is 5.82 Å². The quantitative estimate of drug-likeness (QED) is 0.800. The van der Waals surface area contributed by atoms with E-state index in [0.29, 0.717) is 0 Å². The van der Waals surface area contributed by atoms with Gasteiger partial charge in [0.25, 0.3) is 10.0 Å². The van der Waals surface area contributed by atoms with Gasteiger partial charge in [-0.1, -0.05) is 33.1 Å². The maximum absolute atomic E-state index is 13.5. The molecule has 1 unspecified atom stereocenters. The lowest BCUT2D eigenvalue weighted by Gasteiger charge is -2.17. The average molecular weight is 288 g/mol. The lowest BCUT2D eigenvalue weighted by Crippen LogP contribution is -2.35. The molecule has 108 valence electrons. The SMILES string of the molecule is CCCCC(CCC)NS(=O)(=O)c1ncccc1F. The monoisotopic (exact) mass is 288 g/mol. The van der Waals surface area contributed by atoms with Crippen LogP contribution in [0.25, 0.3) is 0 Å². The lowest BCUT2D eigenvalue weighted by molar-refractivity contribution is 0.477. The van der Waals surface area contributed by atoms with E-state index in [1.165, 1.54) is 12.3 Å². The molecule has 0 aliphatic carbocycles. The Kier molecular flexibility index (Phi) is 6.37. The van der Waals surface area contributed by atoms with E-state index in [2.05, 4.69) is 16.6 Å². The molecule has 19 heavy (non-hydrogen) atoms. The van der Waals surface area contributed by atoms with Gasteiger partial charge >= 0.3 is 0 Å². The van der Waals surface area contributed by atoms with Crippen molar-refractivity contribution in [3.63, 3.8) is 0 Å². The van der Waals surface area contributed by atoms with Crippen LogP contribution in [0.5, 0.6) is 0 Å². The van der Waals surface area contributed by atoms with E-state index in [4.69, 9.17) is 0 Å². The van der Waals surface area contributed by atoms with Gasteiger partial charge in [-0.15, -0.1) is 0 Å². The fraction of sp³-hybridized carbons (Fsp3) is 0.615. The Hall–Kier alpha value is -1.01. The highest BCUT2D eigenvalue weighted by atomic mass is 32.2. The highest BCUT2D eigenvalue weighted by Gasteiger charge is 2.23. The van der Waals surface area contributed by atoms with E-state index in [9.17, 15) is 12.8 Å². The number of hydrogen-bond donors (Lipinski definition) is 1. The third-order valence-corrected chi connectivity index (χ3v) is 4.30. The Morgan fingerprint density at radius 3 is 2.63 bits per heavy atom. The molecule has 0 aliphatic heterocycles. The van der Waals surface area contributed by atoms with Crippen molar-refractivity contribution in [2.24, 2.45) is 0 Å². The maximum atomic E-state index is 13.5. The van der Waals surface area contributed by atoms with Crippen LogP contribution >= 0.6 is 0 Å². The smallest absolute Gasteiger partial charge is 0.241 e. The molecule has 1 aromatic rings. The highest BCUT2D eigenvalue weighted by molar-refractivity contribution is 7.89. The van der Waals surface area contributed by atoms with Crippen molar-refractivity contribution in [1.29, 1.82) is 0 Å². The minimum absolute atomic E-state index is 0.156. The van der Waals surface area contributed by atoms with Crippen molar-refractivity contribution in [1.82, 2.24) is 9.71 Å². The summed E-state index contributed by atoms with van der Waals surface area (Å²) in [6, 6.07) is 2.31. The third kappa shape index (κ3) is 4.87.